The predicted molar refractivity (Wildman–Crippen MR) is 62.3 cm³/mol. The second-order valence-electron chi connectivity index (χ2n) is 3.98. The summed E-state index contributed by atoms with van der Waals surface area (Å²) in [6.45, 7) is 2.61. The minimum absolute atomic E-state index is 0.0909. The predicted octanol–water partition coefficient (Wildman–Crippen LogP) is 3.15. The van der Waals surface area contributed by atoms with Gasteiger partial charge in [0.25, 0.3) is 0 Å². The number of ether oxygens (including phenoxy) is 1. The van der Waals surface area contributed by atoms with E-state index in [9.17, 15) is 0 Å². The van der Waals surface area contributed by atoms with Crippen LogP contribution in [0.25, 0.3) is 0 Å². The van der Waals surface area contributed by atoms with Gasteiger partial charge in [0.1, 0.15) is 5.75 Å². The fraction of sp³-hybridized carbons (Fsp3) is 0.500. The smallest absolute Gasteiger partial charge is 0.120 e. The van der Waals surface area contributed by atoms with Crippen LogP contribution in [0.5, 0.6) is 5.75 Å². The third kappa shape index (κ3) is 2.44. The molecular weight excluding hydrogens is 210 g/mol. The maximum atomic E-state index is 6.17. The lowest BCUT2D eigenvalue weighted by Crippen LogP contribution is -2.12. The molecule has 0 heterocycles. The summed E-state index contributed by atoms with van der Waals surface area (Å²) >= 11 is 6.17. The van der Waals surface area contributed by atoms with Crippen molar-refractivity contribution in [1.29, 1.82) is 0 Å². The number of benzene rings is 1. The Hall–Kier alpha value is -0.730. The molecule has 1 unspecified atom stereocenters. The Bertz CT molecular complexity index is 349. The van der Waals surface area contributed by atoms with Gasteiger partial charge >= 0.3 is 0 Å². The van der Waals surface area contributed by atoms with E-state index in [-0.39, 0.29) is 6.04 Å². The summed E-state index contributed by atoms with van der Waals surface area (Å²) in [6, 6.07) is 5.86. The van der Waals surface area contributed by atoms with Crippen LogP contribution < -0.4 is 10.5 Å². The molecule has 2 N–H and O–H groups in total. The lowest BCUT2D eigenvalue weighted by molar-refractivity contribution is 0.340. The van der Waals surface area contributed by atoms with Crippen molar-refractivity contribution in [2.75, 3.05) is 6.61 Å². The summed E-state index contributed by atoms with van der Waals surface area (Å²) in [4.78, 5) is 0. The van der Waals surface area contributed by atoms with E-state index in [0.717, 1.165) is 16.3 Å². The first-order valence-electron chi connectivity index (χ1n) is 5.40. The summed E-state index contributed by atoms with van der Waals surface area (Å²) in [6.07, 6.45) is 2.45. The number of hydrogen-bond acceptors (Lipinski definition) is 2. The molecule has 1 aliphatic carbocycles. The fourth-order valence-corrected chi connectivity index (χ4v) is 2.04. The van der Waals surface area contributed by atoms with Crippen molar-refractivity contribution in [1.82, 2.24) is 0 Å². The highest BCUT2D eigenvalue weighted by Gasteiger charge is 2.30. The highest BCUT2D eigenvalue weighted by atomic mass is 35.5. The van der Waals surface area contributed by atoms with Gasteiger partial charge in [-0.1, -0.05) is 17.7 Å². The van der Waals surface area contributed by atoms with Gasteiger partial charge in [0, 0.05) is 11.1 Å². The lowest BCUT2D eigenvalue weighted by Gasteiger charge is -2.13. The molecule has 1 aromatic rings. The summed E-state index contributed by atoms with van der Waals surface area (Å²) in [7, 11) is 0. The minimum atomic E-state index is 0.0909. The van der Waals surface area contributed by atoms with Crippen molar-refractivity contribution < 1.29 is 4.74 Å². The zero-order chi connectivity index (χ0) is 10.8. The van der Waals surface area contributed by atoms with Crippen LogP contribution in [-0.4, -0.2) is 6.61 Å². The summed E-state index contributed by atoms with van der Waals surface area (Å²) in [5, 5.41) is 0.723. The van der Waals surface area contributed by atoms with Crippen LogP contribution in [0.15, 0.2) is 18.2 Å². The van der Waals surface area contributed by atoms with Gasteiger partial charge in [0.05, 0.1) is 6.61 Å². The lowest BCUT2D eigenvalue weighted by atomic mass is 10.0. The van der Waals surface area contributed by atoms with Gasteiger partial charge in [0.15, 0.2) is 0 Å². The second kappa shape index (κ2) is 4.42. The molecule has 1 aliphatic rings. The third-order valence-corrected chi connectivity index (χ3v) is 3.10. The van der Waals surface area contributed by atoms with Gasteiger partial charge in [-0.3, -0.25) is 0 Å². The van der Waals surface area contributed by atoms with E-state index in [1.54, 1.807) is 0 Å². The molecule has 15 heavy (non-hydrogen) atoms. The Labute approximate surface area is 95.4 Å². The van der Waals surface area contributed by atoms with Crippen LogP contribution >= 0.6 is 11.6 Å². The summed E-state index contributed by atoms with van der Waals surface area (Å²) in [5.74, 6) is 1.44. The average molecular weight is 226 g/mol. The second-order valence-corrected chi connectivity index (χ2v) is 4.39. The van der Waals surface area contributed by atoms with Crippen LogP contribution in [0.2, 0.25) is 5.02 Å². The third-order valence-electron chi connectivity index (χ3n) is 2.77. The van der Waals surface area contributed by atoms with Crippen molar-refractivity contribution in [2.24, 2.45) is 11.7 Å². The molecule has 0 saturated heterocycles. The van der Waals surface area contributed by atoms with Crippen molar-refractivity contribution in [3.05, 3.63) is 28.8 Å². The zero-order valence-electron chi connectivity index (χ0n) is 8.87. The van der Waals surface area contributed by atoms with Crippen LogP contribution in [0.4, 0.5) is 0 Å². The Morgan fingerprint density at radius 3 is 2.80 bits per heavy atom. The molecule has 0 aromatic heterocycles. The molecule has 0 aliphatic heterocycles. The van der Waals surface area contributed by atoms with E-state index in [2.05, 4.69) is 0 Å². The molecule has 1 saturated carbocycles. The van der Waals surface area contributed by atoms with E-state index in [1.807, 2.05) is 25.1 Å². The SMILES string of the molecule is CCOc1ccc(C(N)C2CC2)c(Cl)c1. The van der Waals surface area contributed by atoms with Gasteiger partial charge in [-0.25, -0.2) is 0 Å². The van der Waals surface area contributed by atoms with Gasteiger partial charge in [-0.05, 0) is 43.4 Å². The molecule has 1 atom stereocenters. The number of rotatable bonds is 4. The minimum Gasteiger partial charge on any atom is -0.494 e. The standard InChI is InChI=1S/C12H16ClNO/c1-2-15-9-5-6-10(11(13)7-9)12(14)8-3-4-8/h5-8,12H,2-4,14H2,1H3. The number of hydrogen-bond donors (Lipinski definition) is 1. The maximum absolute atomic E-state index is 6.17. The molecule has 2 rings (SSSR count). The first kappa shape index (κ1) is 10.8. The van der Waals surface area contributed by atoms with Crippen LogP contribution in [-0.2, 0) is 0 Å². The fourth-order valence-electron chi connectivity index (χ4n) is 1.74. The highest BCUT2D eigenvalue weighted by Crippen LogP contribution is 2.41. The van der Waals surface area contributed by atoms with E-state index < -0.39 is 0 Å². The van der Waals surface area contributed by atoms with Crippen LogP contribution in [0, 0.1) is 5.92 Å². The van der Waals surface area contributed by atoms with Crippen molar-refractivity contribution in [2.45, 2.75) is 25.8 Å². The molecule has 0 radical (unpaired) electrons. The average Bonchev–Trinajstić information content (AvgIpc) is 3.01. The van der Waals surface area contributed by atoms with Crippen molar-refractivity contribution >= 4 is 11.6 Å². The Morgan fingerprint density at radius 2 is 2.27 bits per heavy atom. The van der Waals surface area contributed by atoms with Gasteiger partial charge in [-0.2, -0.15) is 0 Å². The van der Waals surface area contributed by atoms with E-state index >= 15 is 0 Å². The van der Waals surface area contributed by atoms with Gasteiger partial charge in [-0.15, -0.1) is 0 Å². The summed E-state index contributed by atoms with van der Waals surface area (Å²) < 4.78 is 5.37. The van der Waals surface area contributed by atoms with E-state index in [4.69, 9.17) is 22.1 Å². The van der Waals surface area contributed by atoms with E-state index in [1.165, 1.54) is 12.8 Å². The molecule has 0 spiro atoms. The van der Waals surface area contributed by atoms with Gasteiger partial charge in [0.2, 0.25) is 0 Å². The molecule has 0 bridgehead atoms. The largest absolute Gasteiger partial charge is 0.494 e. The summed E-state index contributed by atoms with van der Waals surface area (Å²) in [5.41, 5.74) is 7.14. The van der Waals surface area contributed by atoms with Gasteiger partial charge < -0.3 is 10.5 Å². The zero-order valence-corrected chi connectivity index (χ0v) is 9.63. The molecule has 82 valence electrons. The highest BCUT2D eigenvalue weighted by molar-refractivity contribution is 6.31. The molecule has 0 amide bonds. The molecule has 1 aromatic carbocycles. The molecule has 2 nitrogen and oxygen atoms in total. The topological polar surface area (TPSA) is 35.2 Å². The molecule has 3 heteroatoms. The quantitative estimate of drug-likeness (QED) is 0.855. The van der Waals surface area contributed by atoms with Crippen molar-refractivity contribution in [3.63, 3.8) is 0 Å². The van der Waals surface area contributed by atoms with Crippen LogP contribution in [0.3, 0.4) is 0 Å². The number of nitrogens with two attached hydrogens (primary N) is 1. The monoisotopic (exact) mass is 225 g/mol. The molecule has 1 fully saturated rings. The molecular formula is C12H16ClNO. The normalized spacial score (nSPS) is 17.5. The van der Waals surface area contributed by atoms with E-state index in [0.29, 0.717) is 12.5 Å². The first-order valence-corrected chi connectivity index (χ1v) is 5.78. The van der Waals surface area contributed by atoms with Crippen LogP contribution in [0.1, 0.15) is 31.4 Å². The Balaban J connectivity index is 2.17. The maximum Gasteiger partial charge on any atom is 0.120 e. The number of halogens is 1. The Kier molecular flexibility index (Phi) is 3.17. The first-order chi connectivity index (χ1) is 7.22. The Morgan fingerprint density at radius 1 is 1.53 bits per heavy atom. The van der Waals surface area contributed by atoms with Crippen molar-refractivity contribution in [3.8, 4) is 5.75 Å².